The number of aliphatic hydroxyl groups is 5. The van der Waals surface area contributed by atoms with Gasteiger partial charge in [0.05, 0.1) is 6.61 Å². The molecule has 4 atom stereocenters. The van der Waals surface area contributed by atoms with Crippen LogP contribution in [0.25, 0.3) is 0 Å². The molecule has 0 bridgehead atoms. The quantitative estimate of drug-likeness (QED) is 0.125. The standard InChI is InChI=1S/C6H12O6.C4H9N3O2.H2O/c7-1-3(9)5(11)6(12)4(10)2-8;1-7(4(5)6)2-3(8)9;/h1,3-6,8-12H,2H2;2H2,1H3,(H3,5,6)(H,8,9);1H2/t3-,4+,5+,6+;;/m0../s1. The number of nitrogens with one attached hydrogen (secondary N) is 1. The van der Waals surface area contributed by atoms with Gasteiger partial charge in [0.2, 0.25) is 0 Å². The molecule has 0 saturated carbocycles. The van der Waals surface area contributed by atoms with E-state index in [1.54, 1.807) is 0 Å². The molecular formula is C10H23N3O9. The molecule has 0 aromatic rings. The maximum Gasteiger partial charge on any atom is 0.323 e. The highest BCUT2D eigenvalue weighted by atomic mass is 16.4. The molecule has 0 unspecified atom stereocenters. The van der Waals surface area contributed by atoms with E-state index in [1.165, 1.54) is 7.05 Å². The first-order valence-corrected chi connectivity index (χ1v) is 5.63. The van der Waals surface area contributed by atoms with Crippen LogP contribution in [0.3, 0.4) is 0 Å². The Morgan fingerprint density at radius 1 is 1.27 bits per heavy atom. The molecule has 0 amide bonds. The fraction of sp³-hybridized carbons (Fsp3) is 0.700. The van der Waals surface area contributed by atoms with E-state index in [0.29, 0.717) is 0 Å². The molecule has 0 fully saturated rings. The van der Waals surface area contributed by atoms with Gasteiger partial charge in [-0.3, -0.25) is 10.2 Å². The fourth-order valence-electron chi connectivity index (χ4n) is 0.906. The van der Waals surface area contributed by atoms with Crippen LogP contribution in [-0.4, -0.2) is 104 Å². The number of guanidine groups is 1. The molecule has 0 aliphatic heterocycles. The van der Waals surface area contributed by atoms with Crippen LogP contribution < -0.4 is 5.73 Å². The maximum absolute atomic E-state index is 9.92. The van der Waals surface area contributed by atoms with Crippen molar-refractivity contribution in [1.82, 2.24) is 4.90 Å². The van der Waals surface area contributed by atoms with Crippen LogP contribution in [0.15, 0.2) is 0 Å². The third-order valence-corrected chi connectivity index (χ3v) is 2.20. The summed E-state index contributed by atoms with van der Waals surface area (Å²) in [5, 5.41) is 58.4. The van der Waals surface area contributed by atoms with Gasteiger partial charge in [-0.05, 0) is 0 Å². The second-order valence-corrected chi connectivity index (χ2v) is 3.99. The van der Waals surface area contributed by atoms with Crippen LogP contribution in [0, 0.1) is 5.41 Å². The van der Waals surface area contributed by atoms with E-state index in [1.807, 2.05) is 0 Å². The van der Waals surface area contributed by atoms with E-state index in [2.05, 4.69) is 0 Å². The van der Waals surface area contributed by atoms with Crippen molar-refractivity contribution in [2.45, 2.75) is 24.4 Å². The molecule has 132 valence electrons. The average Bonchev–Trinajstić information content (AvgIpc) is 2.43. The highest BCUT2D eigenvalue weighted by molar-refractivity contribution is 5.79. The Bertz CT molecular complexity index is 342. The Morgan fingerprint density at radius 3 is 1.95 bits per heavy atom. The van der Waals surface area contributed by atoms with Crippen LogP contribution in [0.4, 0.5) is 0 Å². The van der Waals surface area contributed by atoms with Gasteiger partial charge in [-0.1, -0.05) is 0 Å². The van der Waals surface area contributed by atoms with Crippen molar-refractivity contribution in [3.63, 3.8) is 0 Å². The number of nitrogens with two attached hydrogens (primary N) is 1. The molecule has 0 aromatic carbocycles. The third-order valence-electron chi connectivity index (χ3n) is 2.20. The van der Waals surface area contributed by atoms with Gasteiger partial charge in [-0.15, -0.1) is 0 Å². The number of aldehydes is 1. The molecule has 0 rings (SSSR count). The highest BCUT2D eigenvalue weighted by Crippen LogP contribution is 2.02. The third kappa shape index (κ3) is 10.9. The maximum atomic E-state index is 9.92. The van der Waals surface area contributed by atoms with Gasteiger partial charge in [0.25, 0.3) is 0 Å². The monoisotopic (exact) mass is 329 g/mol. The first-order chi connectivity index (χ1) is 9.58. The van der Waals surface area contributed by atoms with Gasteiger partial charge in [0.15, 0.2) is 12.2 Å². The lowest BCUT2D eigenvalue weighted by Crippen LogP contribution is -2.46. The molecule has 12 nitrogen and oxygen atoms in total. The smallest absolute Gasteiger partial charge is 0.323 e. The summed E-state index contributed by atoms with van der Waals surface area (Å²) in [5.74, 6) is -1.23. The Hall–Kier alpha value is -1.83. The lowest BCUT2D eigenvalue weighted by atomic mass is 10.0. The second kappa shape index (κ2) is 12.9. The minimum atomic E-state index is -1.79. The molecule has 11 N–H and O–H groups in total. The number of carbonyl (C=O) groups excluding carboxylic acids is 1. The number of carboxylic acids is 1. The molecule has 0 saturated heterocycles. The first kappa shape index (κ1) is 25.1. The normalized spacial score (nSPS) is 15.0. The lowest BCUT2D eigenvalue weighted by molar-refractivity contribution is -0.137. The van der Waals surface area contributed by atoms with E-state index in [4.69, 9.17) is 41.8 Å². The summed E-state index contributed by atoms with van der Waals surface area (Å²) in [5.41, 5.74) is 4.93. The predicted octanol–water partition coefficient (Wildman–Crippen LogP) is -5.31. The fourth-order valence-corrected chi connectivity index (χ4v) is 0.906. The number of rotatable bonds is 7. The largest absolute Gasteiger partial charge is 0.480 e. The van der Waals surface area contributed by atoms with Crippen molar-refractivity contribution >= 4 is 18.2 Å². The Labute approximate surface area is 125 Å². The molecule has 0 aliphatic rings. The van der Waals surface area contributed by atoms with Crippen molar-refractivity contribution in [2.24, 2.45) is 5.73 Å². The number of hydrogen-bond donors (Lipinski definition) is 8. The lowest BCUT2D eigenvalue weighted by Gasteiger charge is -2.22. The first-order valence-electron chi connectivity index (χ1n) is 5.63. The number of carbonyl (C=O) groups is 2. The topological polar surface area (TPSA) is 240 Å². The number of aliphatic carboxylic acids is 1. The van der Waals surface area contributed by atoms with Crippen molar-refractivity contribution in [3.8, 4) is 0 Å². The van der Waals surface area contributed by atoms with Gasteiger partial charge in [-0.2, -0.15) is 0 Å². The van der Waals surface area contributed by atoms with Gasteiger partial charge in [-0.25, -0.2) is 0 Å². The minimum Gasteiger partial charge on any atom is -0.480 e. The number of aliphatic hydroxyl groups excluding tert-OH is 5. The van der Waals surface area contributed by atoms with Crippen molar-refractivity contribution < 1.29 is 45.7 Å². The summed E-state index contributed by atoms with van der Waals surface area (Å²) >= 11 is 0. The zero-order valence-electron chi connectivity index (χ0n) is 11.8. The summed E-state index contributed by atoms with van der Waals surface area (Å²) in [6.07, 6.45) is -6.84. The van der Waals surface area contributed by atoms with E-state index in [-0.39, 0.29) is 24.3 Å². The zero-order valence-corrected chi connectivity index (χ0v) is 11.8. The number of nitrogens with zero attached hydrogens (tertiary/aromatic N) is 1. The Kier molecular flexibility index (Phi) is 14.7. The molecule has 0 heterocycles. The zero-order chi connectivity index (χ0) is 17.2. The Morgan fingerprint density at radius 2 is 1.73 bits per heavy atom. The van der Waals surface area contributed by atoms with Crippen LogP contribution >= 0.6 is 0 Å². The van der Waals surface area contributed by atoms with Crippen molar-refractivity contribution in [2.75, 3.05) is 20.2 Å². The average molecular weight is 329 g/mol. The molecule has 0 aliphatic carbocycles. The molecule has 0 radical (unpaired) electrons. The van der Waals surface area contributed by atoms with E-state index >= 15 is 0 Å². The number of likely N-dealkylation sites (N-methyl/N-ethyl adjacent to an activating group) is 1. The van der Waals surface area contributed by atoms with Crippen molar-refractivity contribution in [1.29, 1.82) is 5.41 Å². The number of hydrogen-bond acceptors (Lipinski definition) is 8. The van der Waals surface area contributed by atoms with E-state index in [9.17, 15) is 9.59 Å². The summed E-state index contributed by atoms with van der Waals surface area (Å²) in [6.45, 7) is -0.987. The van der Waals surface area contributed by atoms with E-state index in [0.717, 1.165) is 4.90 Å². The SMILES string of the molecule is CN(CC(=O)O)C(=N)N.O.O=C[C@H](O)[C@@H](O)[C@H](O)[C@H](O)CO. The van der Waals surface area contributed by atoms with Crippen LogP contribution in [0.1, 0.15) is 0 Å². The summed E-state index contributed by atoms with van der Waals surface area (Å²) < 4.78 is 0. The Balaban J connectivity index is -0.000000326. The molecule has 22 heavy (non-hydrogen) atoms. The summed E-state index contributed by atoms with van der Waals surface area (Å²) in [7, 11) is 1.44. The highest BCUT2D eigenvalue weighted by Gasteiger charge is 2.29. The van der Waals surface area contributed by atoms with Gasteiger partial charge in [0, 0.05) is 7.05 Å². The summed E-state index contributed by atoms with van der Waals surface area (Å²) in [6, 6.07) is 0. The van der Waals surface area contributed by atoms with E-state index < -0.39 is 37.0 Å². The van der Waals surface area contributed by atoms with Gasteiger partial charge < -0.3 is 51.5 Å². The van der Waals surface area contributed by atoms with Crippen LogP contribution in [-0.2, 0) is 9.59 Å². The van der Waals surface area contributed by atoms with Gasteiger partial charge in [0.1, 0.15) is 31.0 Å². The second-order valence-electron chi connectivity index (χ2n) is 3.99. The van der Waals surface area contributed by atoms with Crippen LogP contribution in [0.5, 0.6) is 0 Å². The van der Waals surface area contributed by atoms with Crippen LogP contribution in [0.2, 0.25) is 0 Å². The molecular weight excluding hydrogens is 306 g/mol. The minimum absolute atomic E-state index is 0. The molecule has 0 spiro atoms. The molecule has 0 aromatic heterocycles. The number of carboxylic acid groups (broad SMARTS) is 1. The predicted molar refractivity (Wildman–Crippen MR) is 73.0 cm³/mol. The molecule has 12 heteroatoms. The van der Waals surface area contributed by atoms with Crippen molar-refractivity contribution in [3.05, 3.63) is 0 Å². The van der Waals surface area contributed by atoms with Gasteiger partial charge >= 0.3 is 5.97 Å². The summed E-state index contributed by atoms with van der Waals surface area (Å²) in [4.78, 5) is 20.9.